The number of pyridine rings is 1. The Balaban J connectivity index is 1.90. The molecule has 0 amide bonds. The molecule has 1 aromatic carbocycles. The van der Waals surface area contributed by atoms with Gasteiger partial charge in [0.15, 0.2) is 0 Å². The third-order valence-corrected chi connectivity index (χ3v) is 4.39. The van der Waals surface area contributed by atoms with Gasteiger partial charge in [0.25, 0.3) is 0 Å². The van der Waals surface area contributed by atoms with E-state index in [-0.39, 0.29) is 24.4 Å². The quantitative estimate of drug-likeness (QED) is 0.788. The molecule has 2 heterocycles. The number of ether oxygens (including phenoxy) is 2. The molecular formula is C18H21FN2O3. The summed E-state index contributed by atoms with van der Waals surface area (Å²) in [5, 5.41) is 0.762. The fourth-order valence-corrected chi connectivity index (χ4v) is 3.16. The molecule has 0 atom stereocenters. The summed E-state index contributed by atoms with van der Waals surface area (Å²) in [5.74, 6) is -0.592. The smallest absolute Gasteiger partial charge is 0.319 e. The summed E-state index contributed by atoms with van der Waals surface area (Å²) in [6.07, 6.45) is 3.39. The summed E-state index contributed by atoms with van der Waals surface area (Å²) in [4.78, 5) is 18.2. The highest BCUT2D eigenvalue weighted by molar-refractivity contribution is 5.81. The van der Waals surface area contributed by atoms with Crippen LogP contribution >= 0.6 is 0 Å². The van der Waals surface area contributed by atoms with Gasteiger partial charge in [0.2, 0.25) is 0 Å². The van der Waals surface area contributed by atoms with Gasteiger partial charge in [0.05, 0.1) is 19.2 Å². The number of benzene rings is 1. The lowest BCUT2D eigenvalue weighted by Crippen LogP contribution is -2.42. The molecule has 0 saturated carbocycles. The Labute approximate surface area is 140 Å². The molecular weight excluding hydrogens is 311 g/mol. The minimum atomic E-state index is -0.296. The van der Waals surface area contributed by atoms with E-state index in [4.69, 9.17) is 9.47 Å². The summed E-state index contributed by atoms with van der Waals surface area (Å²) in [6, 6.07) is 6.81. The number of hydrogen-bond donors (Lipinski definition) is 0. The molecule has 3 rings (SSSR count). The summed E-state index contributed by atoms with van der Waals surface area (Å²) < 4.78 is 24.2. The second-order valence-electron chi connectivity index (χ2n) is 5.96. The molecule has 1 aliphatic rings. The Hall–Kier alpha value is -2.05. The number of carbonyl (C=O) groups excluding carboxylic acids is 1. The molecule has 128 valence electrons. The molecule has 1 fully saturated rings. The topological polar surface area (TPSA) is 51.7 Å². The average molecular weight is 332 g/mol. The minimum absolute atomic E-state index is 0.173. The van der Waals surface area contributed by atoms with Crippen molar-refractivity contribution in [2.75, 3.05) is 26.9 Å². The Morgan fingerprint density at radius 3 is 2.96 bits per heavy atom. The van der Waals surface area contributed by atoms with Crippen molar-refractivity contribution >= 4 is 16.9 Å². The van der Waals surface area contributed by atoms with Crippen molar-refractivity contribution in [1.82, 2.24) is 9.88 Å². The van der Waals surface area contributed by atoms with Gasteiger partial charge in [-0.3, -0.25) is 14.7 Å². The first-order chi connectivity index (χ1) is 11.7. The molecule has 0 bridgehead atoms. The highest BCUT2D eigenvalue weighted by Crippen LogP contribution is 2.23. The fraction of sp³-hybridized carbons (Fsp3) is 0.444. The molecule has 0 radical (unpaired) electrons. The van der Waals surface area contributed by atoms with Crippen molar-refractivity contribution < 1.29 is 18.7 Å². The third-order valence-electron chi connectivity index (χ3n) is 4.39. The van der Waals surface area contributed by atoms with Gasteiger partial charge in [-0.25, -0.2) is 4.39 Å². The van der Waals surface area contributed by atoms with Crippen LogP contribution in [0.4, 0.5) is 4.39 Å². The summed E-state index contributed by atoms with van der Waals surface area (Å²) in [7, 11) is 1.38. The van der Waals surface area contributed by atoms with Crippen LogP contribution in [0.5, 0.6) is 0 Å². The molecule has 0 N–H and O–H groups in total. The number of fused-ring (bicyclic) bond motifs is 1. The molecule has 1 aliphatic heterocycles. The maximum atomic E-state index is 14.0. The number of hydrogen-bond acceptors (Lipinski definition) is 5. The lowest BCUT2D eigenvalue weighted by Gasteiger charge is -2.33. The zero-order valence-electron chi connectivity index (χ0n) is 13.7. The van der Waals surface area contributed by atoms with Crippen LogP contribution in [0.15, 0.2) is 30.5 Å². The Kier molecular flexibility index (Phi) is 5.37. The van der Waals surface area contributed by atoms with Crippen molar-refractivity contribution in [2.45, 2.75) is 25.4 Å². The van der Waals surface area contributed by atoms with Crippen LogP contribution in [-0.2, 0) is 20.8 Å². The Morgan fingerprint density at radius 2 is 2.21 bits per heavy atom. The first-order valence-electron chi connectivity index (χ1n) is 8.09. The number of nitrogens with zero attached hydrogens (tertiary/aromatic N) is 2. The Bertz CT molecular complexity index is 716. The molecule has 5 nitrogen and oxygen atoms in total. The molecule has 1 aromatic heterocycles. The Morgan fingerprint density at radius 1 is 1.42 bits per heavy atom. The minimum Gasteiger partial charge on any atom is -0.468 e. The van der Waals surface area contributed by atoms with Crippen molar-refractivity contribution in [3.05, 3.63) is 41.8 Å². The molecule has 0 aliphatic carbocycles. The second kappa shape index (κ2) is 7.68. The van der Waals surface area contributed by atoms with Crippen LogP contribution in [0.1, 0.15) is 18.4 Å². The van der Waals surface area contributed by atoms with Gasteiger partial charge in [-0.15, -0.1) is 0 Å². The van der Waals surface area contributed by atoms with E-state index in [0.717, 1.165) is 29.3 Å². The highest BCUT2D eigenvalue weighted by atomic mass is 19.1. The van der Waals surface area contributed by atoms with Crippen molar-refractivity contribution in [1.29, 1.82) is 0 Å². The van der Waals surface area contributed by atoms with Gasteiger partial charge >= 0.3 is 5.97 Å². The van der Waals surface area contributed by atoms with Gasteiger partial charge in [-0.2, -0.15) is 0 Å². The average Bonchev–Trinajstić information content (AvgIpc) is 2.61. The maximum absolute atomic E-state index is 14.0. The van der Waals surface area contributed by atoms with E-state index >= 15 is 0 Å². The monoisotopic (exact) mass is 332 g/mol. The van der Waals surface area contributed by atoms with Gasteiger partial charge in [-0.1, -0.05) is 6.07 Å². The van der Waals surface area contributed by atoms with Crippen molar-refractivity contribution in [3.8, 4) is 0 Å². The summed E-state index contributed by atoms with van der Waals surface area (Å²) >= 11 is 0. The van der Waals surface area contributed by atoms with E-state index in [0.29, 0.717) is 19.8 Å². The molecule has 24 heavy (non-hydrogen) atoms. The second-order valence-corrected chi connectivity index (χ2v) is 5.96. The van der Waals surface area contributed by atoms with Gasteiger partial charge < -0.3 is 9.47 Å². The zero-order chi connectivity index (χ0) is 16.9. The predicted molar refractivity (Wildman–Crippen MR) is 88.0 cm³/mol. The van der Waals surface area contributed by atoms with Crippen molar-refractivity contribution in [3.63, 3.8) is 0 Å². The van der Waals surface area contributed by atoms with E-state index in [1.807, 2.05) is 11.0 Å². The fourth-order valence-electron chi connectivity index (χ4n) is 3.16. The molecule has 0 spiro atoms. The van der Waals surface area contributed by atoms with E-state index in [2.05, 4.69) is 4.98 Å². The van der Waals surface area contributed by atoms with Gasteiger partial charge in [0.1, 0.15) is 5.82 Å². The van der Waals surface area contributed by atoms with Crippen LogP contribution in [-0.4, -0.2) is 48.8 Å². The van der Waals surface area contributed by atoms with E-state index in [9.17, 15) is 9.18 Å². The predicted octanol–water partition coefficient (Wildman–Crippen LogP) is 2.53. The van der Waals surface area contributed by atoms with E-state index in [1.165, 1.54) is 19.2 Å². The number of carbonyl (C=O) groups is 1. The standard InChI is InChI=1S/C18H21FN2O3/c1-23-17(22)12-21(16-4-7-24-8-5-16)11-14-10-15(19)9-13-3-2-6-20-18(13)14/h2-3,6,9-10,16H,4-5,7-8,11-12H2,1H3. The van der Waals surface area contributed by atoms with Gasteiger partial charge in [-0.05, 0) is 36.6 Å². The largest absolute Gasteiger partial charge is 0.468 e. The van der Waals surface area contributed by atoms with Gasteiger partial charge in [0, 0.05) is 37.4 Å². The summed E-state index contributed by atoms with van der Waals surface area (Å²) in [5.41, 5.74) is 1.54. The first-order valence-corrected chi connectivity index (χ1v) is 8.09. The zero-order valence-corrected chi connectivity index (χ0v) is 13.7. The normalized spacial score (nSPS) is 15.8. The summed E-state index contributed by atoms with van der Waals surface area (Å²) in [6.45, 7) is 1.96. The van der Waals surface area contributed by atoms with E-state index < -0.39 is 0 Å². The number of halogens is 1. The molecule has 6 heteroatoms. The SMILES string of the molecule is COC(=O)CN(Cc1cc(F)cc2cccnc12)C1CCOCC1. The number of methoxy groups -OCH3 is 1. The van der Waals surface area contributed by atoms with Crippen LogP contribution in [0.25, 0.3) is 10.9 Å². The lowest BCUT2D eigenvalue weighted by atomic mass is 10.0. The number of aromatic nitrogens is 1. The van der Waals surface area contributed by atoms with E-state index in [1.54, 1.807) is 12.3 Å². The highest BCUT2D eigenvalue weighted by Gasteiger charge is 2.25. The maximum Gasteiger partial charge on any atom is 0.319 e. The first kappa shape index (κ1) is 16.8. The van der Waals surface area contributed by atoms with Crippen LogP contribution in [0.2, 0.25) is 0 Å². The number of esters is 1. The van der Waals surface area contributed by atoms with Crippen LogP contribution < -0.4 is 0 Å². The lowest BCUT2D eigenvalue weighted by molar-refractivity contribution is -0.143. The third kappa shape index (κ3) is 3.88. The number of rotatable bonds is 5. The molecule has 1 saturated heterocycles. The molecule has 2 aromatic rings. The van der Waals surface area contributed by atoms with Crippen LogP contribution in [0, 0.1) is 5.82 Å². The molecule has 0 unspecified atom stereocenters. The van der Waals surface area contributed by atoms with Crippen molar-refractivity contribution in [2.24, 2.45) is 0 Å². The van der Waals surface area contributed by atoms with Crippen LogP contribution in [0.3, 0.4) is 0 Å².